The molecule has 0 heterocycles. The highest BCUT2D eigenvalue weighted by Gasteiger charge is 2.57. The van der Waals surface area contributed by atoms with Gasteiger partial charge in [0.1, 0.15) is 11.9 Å². The molecule has 0 unspecified atom stereocenters. The number of hydrogen-bond acceptors (Lipinski definition) is 3. The van der Waals surface area contributed by atoms with Crippen LogP contribution in [0.15, 0.2) is 18.2 Å². The minimum atomic E-state index is -0.122. The average Bonchev–Trinajstić information content (AvgIpc) is 2.90. The van der Waals surface area contributed by atoms with Gasteiger partial charge in [0.15, 0.2) is 0 Å². The normalized spacial score (nSPS) is 39.1. The zero-order valence-electron chi connectivity index (χ0n) is 15.9. The summed E-state index contributed by atoms with van der Waals surface area (Å²) in [6.45, 7) is 6.35. The van der Waals surface area contributed by atoms with Crippen molar-refractivity contribution in [3.05, 3.63) is 29.3 Å². The summed E-state index contributed by atoms with van der Waals surface area (Å²) in [5.41, 5.74) is 3.18. The lowest BCUT2D eigenvalue weighted by Crippen LogP contribution is -2.47. The van der Waals surface area contributed by atoms with E-state index in [0.29, 0.717) is 23.7 Å². The molecule has 0 aromatic heterocycles. The smallest absolute Gasteiger partial charge is 0.302 e. The molecule has 0 aliphatic heterocycles. The number of carbonyl (C=O) groups excluding carboxylic acids is 1. The van der Waals surface area contributed by atoms with Gasteiger partial charge in [-0.25, -0.2) is 0 Å². The molecule has 136 valence electrons. The molecule has 0 spiro atoms. The van der Waals surface area contributed by atoms with Crippen molar-refractivity contribution in [1.82, 2.24) is 0 Å². The van der Waals surface area contributed by atoms with E-state index in [0.717, 1.165) is 25.0 Å². The monoisotopic (exact) mass is 342 g/mol. The van der Waals surface area contributed by atoms with Gasteiger partial charge in [-0.3, -0.25) is 4.79 Å². The lowest BCUT2D eigenvalue weighted by atomic mass is 9.53. The molecule has 0 saturated heterocycles. The third-order valence-corrected chi connectivity index (χ3v) is 7.50. The van der Waals surface area contributed by atoms with Crippen LogP contribution in [0, 0.1) is 23.2 Å². The number of ether oxygens (including phenoxy) is 2. The van der Waals surface area contributed by atoms with Gasteiger partial charge >= 0.3 is 5.97 Å². The second kappa shape index (κ2) is 6.03. The van der Waals surface area contributed by atoms with Crippen LogP contribution in [0.5, 0.6) is 5.75 Å². The van der Waals surface area contributed by atoms with E-state index in [2.05, 4.69) is 32.0 Å². The topological polar surface area (TPSA) is 35.5 Å². The Bertz CT molecular complexity index is 682. The largest absolute Gasteiger partial charge is 0.497 e. The molecule has 25 heavy (non-hydrogen) atoms. The van der Waals surface area contributed by atoms with Crippen LogP contribution in [0.2, 0.25) is 0 Å². The van der Waals surface area contributed by atoms with Crippen LogP contribution >= 0.6 is 0 Å². The SMILES string of the molecule is COc1ccc2c(c1)C[C@@H](C)[C@H]1[C@@H]2CC[C@]2(C)[C@@H](OC(C)=O)CC[C@@H]12. The molecule has 1 aromatic carbocycles. The highest BCUT2D eigenvalue weighted by Crippen LogP contribution is 2.62. The maximum Gasteiger partial charge on any atom is 0.302 e. The number of fused-ring (bicyclic) bond motifs is 5. The summed E-state index contributed by atoms with van der Waals surface area (Å²) >= 11 is 0. The third kappa shape index (κ3) is 2.58. The first-order valence-electron chi connectivity index (χ1n) is 9.78. The fourth-order valence-electron chi connectivity index (χ4n) is 6.43. The zero-order valence-corrected chi connectivity index (χ0v) is 15.9. The van der Waals surface area contributed by atoms with Crippen LogP contribution in [0.1, 0.15) is 63.5 Å². The van der Waals surface area contributed by atoms with Crippen LogP contribution in [-0.4, -0.2) is 19.2 Å². The third-order valence-electron chi connectivity index (χ3n) is 7.50. The lowest BCUT2D eigenvalue weighted by Gasteiger charge is -2.52. The maximum absolute atomic E-state index is 11.6. The Kier molecular flexibility index (Phi) is 4.09. The minimum Gasteiger partial charge on any atom is -0.497 e. The van der Waals surface area contributed by atoms with Gasteiger partial charge in [0.25, 0.3) is 0 Å². The summed E-state index contributed by atoms with van der Waals surface area (Å²) < 4.78 is 11.2. The molecule has 3 heteroatoms. The molecule has 6 atom stereocenters. The summed E-state index contributed by atoms with van der Waals surface area (Å²) in [6, 6.07) is 6.67. The van der Waals surface area contributed by atoms with Crippen molar-refractivity contribution in [2.75, 3.05) is 7.11 Å². The van der Waals surface area contributed by atoms with E-state index >= 15 is 0 Å². The molecule has 0 amide bonds. The van der Waals surface area contributed by atoms with Crippen molar-refractivity contribution < 1.29 is 14.3 Å². The highest BCUT2D eigenvalue weighted by molar-refractivity contribution is 5.66. The molecule has 1 aromatic rings. The average molecular weight is 342 g/mol. The van der Waals surface area contributed by atoms with E-state index in [9.17, 15) is 4.79 Å². The molecule has 2 fully saturated rings. The van der Waals surface area contributed by atoms with E-state index < -0.39 is 0 Å². The fourth-order valence-corrected chi connectivity index (χ4v) is 6.43. The number of hydrogen-bond donors (Lipinski definition) is 0. The van der Waals surface area contributed by atoms with Crippen LogP contribution < -0.4 is 4.74 Å². The van der Waals surface area contributed by atoms with Crippen molar-refractivity contribution in [2.45, 2.75) is 64.9 Å². The van der Waals surface area contributed by atoms with Gasteiger partial charge in [-0.2, -0.15) is 0 Å². The van der Waals surface area contributed by atoms with Gasteiger partial charge in [-0.15, -0.1) is 0 Å². The number of benzene rings is 1. The van der Waals surface area contributed by atoms with Gasteiger partial charge in [-0.05, 0) is 79.0 Å². The molecule has 3 aliphatic rings. The highest BCUT2D eigenvalue weighted by atomic mass is 16.5. The Hall–Kier alpha value is -1.51. The van der Waals surface area contributed by atoms with Crippen molar-refractivity contribution >= 4 is 5.97 Å². The van der Waals surface area contributed by atoms with Crippen LogP contribution in [0.25, 0.3) is 0 Å². The molecule has 0 N–H and O–H groups in total. The summed E-state index contributed by atoms with van der Waals surface area (Å²) in [6.07, 6.45) is 5.85. The molecule has 0 radical (unpaired) electrons. The zero-order chi connectivity index (χ0) is 17.8. The van der Waals surface area contributed by atoms with Crippen LogP contribution in [0.3, 0.4) is 0 Å². The summed E-state index contributed by atoms with van der Waals surface area (Å²) in [7, 11) is 1.75. The Morgan fingerprint density at radius 3 is 2.76 bits per heavy atom. The van der Waals surface area contributed by atoms with Gasteiger partial charge in [0.2, 0.25) is 0 Å². The first kappa shape index (κ1) is 16.9. The van der Waals surface area contributed by atoms with E-state index in [4.69, 9.17) is 9.47 Å². The van der Waals surface area contributed by atoms with E-state index in [1.807, 2.05) is 0 Å². The summed E-state index contributed by atoms with van der Waals surface area (Å²) in [5, 5.41) is 0. The predicted octanol–water partition coefficient (Wildman–Crippen LogP) is 4.73. The first-order chi connectivity index (χ1) is 11.9. The Morgan fingerprint density at radius 1 is 1.24 bits per heavy atom. The van der Waals surface area contributed by atoms with Crippen LogP contribution in [0.4, 0.5) is 0 Å². The van der Waals surface area contributed by atoms with Gasteiger partial charge < -0.3 is 9.47 Å². The minimum absolute atomic E-state index is 0.111. The second-order valence-electron chi connectivity index (χ2n) is 8.76. The summed E-state index contributed by atoms with van der Waals surface area (Å²) in [4.78, 5) is 11.6. The van der Waals surface area contributed by atoms with E-state index in [-0.39, 0.29) is 17.5 Å². The quantitative estimate of drug-likeness (QED) is 0.729. The predicted molar refractivity (Wildman–Crippen MR) is 97.7 cm³/mol. The Balaban J connectivity index is 1.66. The summed E-state index contributed by atoms with van der Waals surface area (Å²) in [5.74, 6) is 3.55. The maximum atomic E-state index is 11.6. The van der Waals surface area contributed by atoms with Gasteiger partial charge in [0, 0.05) is 12.3 Å². The number of carbonyl (C=O) groups is 1. The van der Waals surface area contributed by atoms with Crippen LogP contribution in [-0.2, 0) is 16.0 Å². The van der Waals surface area contributed by atoms with E-state index in [1.54, 1.807) is 19.6 Å². The van der Waals surface area contributed by atoms with Crippen molar-refractivity contribution in [1.29, 1.82) is 0 Å². The fraction of sp³-hybridized carbons (Fsp3) is 0.682. The molecule has 0 bridgehead atoms. The standard InChI is InChI=1S/C22H30O3/c1-13-11-15-12-16(24-4)5-6-17(15)18-9-10-22(3)19(21(13)18)7-8-20(22)25-14(2)23/h5-6,12-13,18-21H,7-11H2,1-4H3/t13-,18-,19+,20+,21+,22+/m1/s1. The lowest BCUT2D eigenvalue weighted by molar-refractivity contribution is -0.155. The van der Waals surface area contributed by atoms with Crippen molar-refractivity contribution in [2.24, 2.45) is 23.2 Å². The molecular weight excluding hydrogens is 312 g/mol. The van der Waals surface area contributed by atoms with Crippen molar-refractivity contribution in [3.8, 4) is 5.75 Å². The van der Waals surface area contributed by atoms with Gasteiger partial charge in [-0.1, -0.05) is 19.9 Å². The molecule has 2 saturated carbocycles. The second-order valence-corrected chi connectivity index (χ2v) is 8.76. The van der Waals surface area contributed by atoms with E-state index in [1.165, 1.54) is 18.4 Å². The first-order valence-corrected chi connectivity index (χ1v) is 9.78. The molecular formula is C22H30O3. The Labute approximate surface area is 151 Å². The molecule has 3 aliphatic carbocycles. The number of methoxy groups -OCH3 is 1. The number of rotatable bonds is 2. The molecule has 3 nitrogen and oxygen atoms in total. The molecule has 4 rings (SSSR count). The van der Waals surface area contributed by atoms with Gasteiger partial charge in [0.05, 0.1) is 7.11 Å². The van der Waals surface area contributed by atoms with Crippen molar-refractivity contribution in [3.63, 3.8) is 0 Å². The Morgan fingerprint density at radius 2 is 2.04 bits per heavy atom. The number of esters is 1.